The molecule has 1 aromatic heterocycles. The third-order valence-corrected chi connectivity index (χ3v) is 4.18. The SMILES string of the molecule is CC(NCC(O)Cn1cc([N+](=O)[O-])cn1)c1cccc2ccccc12. The highest BCUT2D eigenvalue weighted by atomic mass is 16.6. The molecule has 0 aliphatic rings. The molecule has 0 saturated heterocycles. The first-order chi connectivity index (χ1) is 12.0. The van der Waals surface area contributed by atoms with Crippen molar-refractivity contribution < 1.29 is 10.0 Å². The first-order valence-electron chi connectivity index (χ1n) is 8.10. The smallest absolute Gasteiger partial charge is 0.306 e. The van der Waals surface area contributed by atoms with Gasteiger partial charge in [-0.25, -0.2) is 0 Å². The summed E-state index contributed by atoms with van der Waals surface area (Å²) in [4.78, 5) is 10.2. The number of nitrogens with one attached hydrogen (secondary N) is 1. The molecule has 7 nitrogen and oxygen atoms in total. The number of hydrogen-bond acceptors (Lipinski definition) is 5. The number of hydrogen-bond donors (Lipinski definition) is 2. The molecule has 25 heavy (non-hydrogen) atoms. The Morgan fingerprint density at radius 1 is 1.28 bits per heavy atom. The van der Waals surface area contributed by atoms with Crippen LogP contribution < -0.4 is 5.32 Å². The van der Waals surface area contributed by atoms with Crippen LogP contribution in [0.4, 0.5) is 5.69 Å². The number of aliphatic hydroxyl groups is 1. The molecule has 0 radical (unpaired) electrons. The lowest BCUT2D eigenvalue weighted by molar-refractivity contribution is -0.385. The minimum absolute atomic E-state index is 0.0627. The van der Waals surface area contributed by atoms with E-state index in [0.29, 0.717) is 6.54 Å². The van der Waals surface area contributed by atoms with Crippen molar-refractivity contribution >= 4 is 16.5 Å². The fourth-order valence-corrected chi connectivity index (χ4v) is 2.88. The fraction of sp³-hybridized carbons (Fsp3) is 0.278. The molecule has 130 valence electrons. The van der Waals surface area contributed by atoms with Crippen LogP contribution in [0.15, 0.2) is 54.9 Å². The van der Waals surface area contributed by atoms with Crippen LogP contribution in [0.1, 0.15) is 18.5 Å². The Morgan fingerprint density at radius 2 is 2.04 bits per heavy atom. The average molecular weight is 340 g/mol. The van der Waals surface area contributed by atoms with Crippen LogP contribution >= 0.6 is 0 Å². The van der Waals surface area contributed by atoms with Crippen molar-refractivity contribution in [3.8, 4) is 0 Å². The molecule has 0 bridgehead atoms. The number of nitrogens with zero attached hydrogens (tertiary/aromatic N) is 3. The summed E-state index contributed by atoms with van der Waals surface area (Å²) in [6, 6.07) is 14.4. The summed E-state index contributed by atoms with van der Waals surface area (Å²) in [5, 5.41) is 30.4. The van der Waals surface area contributed by atoms with E-state index in [1.54, 1.807) is 0 Å². The minimum atomic E-state index is -0.697. The summed E-state index contributed by atoms with van der Waals surface area (Å²) in [5.74, 6) is 0. The zero-order chi connectivity index (χ0) is 17.8. The van der Waals surface area contributed by atoms with Gasteiger partial charge in [-0.2, -0.15) is 5.10 Å². The van der Waals surface area contributed by atoms with E-state index in [2.05, 4.69) is 34.7 Å². The Bertz CT molecular complexity index is 872. The van der Waals surface area contributed by atoms with Crippen molar-refractivity contribution in [2.45, 2.75) is 25.6 Å². The molecule has 0 spiro atoms. The molecule has 2 aromatic carbocycles. The predicted octanol–water partition coefficient (Wildman–Crippen LogP) is 2.66. The predicted molar refractivity (Wildman–Crippen MR) is 95.3 cm³/mol. The Hall–Kier alpha value is -2.77. The molecule has 2 unspecified atom stereocenters. The van der Waals surface area contributed by atoms with Crippen LogP contribution in [-0.2, 0) is 6.54 Å². The van der Waals surface area contributed by atoms with Gasteiger partial charge in [0.25, 0.3) is 0 Å². The van der Waals surface area contributed by atoms with E-state index >= 15 is 0 Å². The highest BCUT2D eigenvalue weighted by Crippen LogP contribution is 2.23. The Balaban J connectivity index is 1.61. The van der Waals surface area contributed by atoms with Gasteiger partial charge in [-0.05, 0) is 23.3 Å². The highest BCUT2D eigenvalue weighted by Gasteiger charge is 2.14. The number of rotatable bonds is 7. The second kappa shape index (κ2) is 7.42. The van der Waals surface area contributed by atoms with Crippen molar-refractivity contribution in [3.63, 3.8) is 0 Å². The standard InChI is InChI=1S/C18H20N4O3/c1-13(17-8-4-6-14-5-2-3-7-18(14)17)19-10-16(23)12-21-11-15(9-20-21)22(24)25/h2-9,11,13,16,19,23H,10,12H2,1H3. The number of aliphatic hydroxyl groups excluding tert-OH is 1. The van der Waals surface area contributed by atoms with Gasteiger partial charge < -0.3 is 10.4 Å². The molecule has 3 aromatic rings. The van der Waals surface area contributed by atoms with Gasteiger partial charge in [-0.1, -0.05) is 42.5 Å². The van der Waals surface area contributed by atoms with Crippen molar-refractivity contribution in [2.75, 3.05) is 6.54 Å². The summed E-state index contributed by atoms with van der Waals surface area (Å²) in [7, 11) is 0. The molecular weight excluding hydrogens is 320 g/mol. The lowest BCUT2D eigenvalue weighted by Crippen LogP contribution is -2.32. The lowest BCUT2D eigenvalue weighted by atomic mass is 9.99. The normalized spacial score (nSPS) is 13.7. The van der Waals surface area contributed by atoms with Gasteiger partial charge in [-0.15, -0.1) is 0 Å². The van der Waals surface area contributed by atoms with Crippen molar-refractivity contribution in [3.05, 3.63) is 70.5 Å². The maximum Gasteiger partial charge on any atom is 0.306 e. The molecule has 0 saturated carbocycles. The molecule has 0 aliphatic carbocycles. The van der Waals surface area contributed by atoms with Crippen LogP contribution in [0, 0.1) is 10.1 Å². The second-order valence-electron chi connectivity index (χ2n) is 6.03. The quantitative estimate of drug-likeness (QED) is 0.509. The van der Waals surface area contributed by atoms with Gasteiger partial charge in [-0.3, -0.25) is 14.8 Å². The van der Waals surface area contributed by atoms with E-state index in [4.69, 9.17) is 0 Å². The second-order valence-corrected chi connectivity index (χ2v) is 6.03. The third-order valence-electron chi connectivity index (χ3n) is 4.18. The maximum absolute atomic E-state index is 10.7. The van der Waals surface area contributed by atoms with Crippen LogP contribution in [0.2, 0.25) is 0 Å². The first kappa shape index (κ1) is 17.1. The van der Waals surface area contributed by atoms with Crippen LogP contribution in [0.25, 0.3) is 10.8 Å². The van der Waals surface area contributed by atoms with Crippen molar-refractivity contribution in [2.24, 2.45) is 0 Å². The Morgan fingerprint density at radius 3 is 2.80 bits per heavy atom. The Labute approximate surface area is 145 Å². The number of benzene rings is 2. The van der Waals surface area contributed by atoms with E-state index in [-0.39, 0.29) is 18.3 Å². The monoisotopic (exact) mass is 340 g/mol. The minimum Gasteiger partial charge on any atom is -0.390 e. The molecule has 1 heterocycles. The molecule has 0 amide bonds. The lowest BCUT2D eigenvalue weighted by Gasteiger charge is -2.19. The summed E-state index contributed by atoms with van der Waals surface area (Å²) >= 11 is 0. The van der Waals surface area contributed by atoms with E-state index in [9.17, 15) is 15.2 Å². The van der Waals surface area contributed by atoms with Gasteiger partial charge in [0.05, 0.1) is 17.6 Å². The third kappa shape index (κ3) is 4.01. The van der Waals surface area contributed by atoms with E-state index in [0.717, 1.165) is 0 Å². The summed E-state index contributed by atoms with van der Waals surface area (Å²) in [5.41, 5.74) is 1.09. The molecule has 0 aliphatic heterocycles. The number of fused-ring (bicyclic) bond motifs is 1. The topological polar surface area (TPSA) is 93.2 Å². The zero-order valence-electron chi connectivity index (χ0n) is 13.9. The van der Waals surface area contributed by atoms with E-state index in [1.807, 2.05) is 25.1 Å². The highest BCUT2D eigenvalue weighted by molar-refractivity contribution is 5.86. The van der Waals surface area contributed by atoms with E-state index in [1.165, 1.54) is 33.4 Å². The molecule has 2 N–H and O–H groups in total. The van der Waals surface area contributed by atoms with Crippen LogP contribution in [0.5, 0.6) is 0 Å². The van der Waals surface area contributed by atoms with Gasteiger partial charge in [0.15, 0.2) is 0 Å². The van der Waals surface area contributed by atoms with Gasteiger partial charge >= 0.3 is 5.69 Å². The fourth-order valence-electron chi connectivity index (χ4n) is 2.88. The first-order valence-corrected chi connectivity index (χ1v) is 8.10. The van der Waals surface area contributed by atoms with Gasteiger partial charge in [0.1, 0.15) is 12.4 Å². The number of nitro groups is 1. The van der Waals surface area contributed by atoms with Crippen LogP contribution in [-0.4, -0.2) is 32.5 Å². The molecule has 0 fully saturated rings. The molecule has 7 heteroatoms. The Kier molecular flexibility index (Phi) is 5.06. The number of aromatic nitrogens is 2. The van der Waals surface area contributed by atoms with Crippen LogP contribution in [0.3, 0.4) is 0 Å². The van der Waals surface area contributed by atoms with Crippen molar-refractivity contribution in [1.82, 2.24) is 15.1 Å². The van der Waals surface area contributed by atoms with Gasteiger partial charge in [0.2, 0.25) is 0 Å². The molecular formula is C18H20N4O3. The van der Waals surface area contributed by atoms with E-state index < -0.39 is 11.0 Å². The average Bonchev–Trinajstić information content (AvgIpc) is 3.08. The van der Waals surface area contributed by atoms with Gasteiger partial charge in [0, 0.05) is 12.6 Å². The molecule has 3 rings (SSSR count). The summed E-state index contributed by atoms with van der Waals surface area (Å²) in [6.07, 6.45) is 1.80. The summed E-state index contributed by atoms with van der Waals surface area (Å²) < 4.78 is 1.38. The zero-order valence-corrected chi connectivity index (χ0v) is 13.9. The van der Waals surface area contributed by atoms with Crippen molar-refractivity contribution in [1.29, 1.82) is 0 Å². The summed E-state index contributed by atoms with van der Waals surface area (Å²) in [6.45, 7) is 2.61. The molecule has 2 atom stereocenters. The largest absolute Gasteiger partial charge is 0.390 e. The maximum atomic E-state index is 10.7.